The molecule has 2 nitrogen and oxygen atoms in total. The van der Waals surface area contributed by atoms with E-state index < -0.39 is 8.32 Å². The lowest BCUT2D eigenvalue weighted by atomic mass is 9.97. The molecule has 1 rings (SSSR count). The van der Waals surface area contributed by atoms with E-state index in [2.05, 4.69) is 40.4 Å². The van der Waals surface area contributed by atoms with Gasteiger partial charge in [0.15, 0.2) is 0 Å². The molecular formula is C15H24O2Si. The highest BCUT2D eigenvalue weighted by molar-refractivity contribution is 6.70. The third-order valence-corrected chi connectivity index (χ3v) is 2.73. The molecule has 0 bridgehead atoms. The van der Waals surface area contributed by atoms with Gasteiger partial charge in [-0.1, -0.05) is 39.0 Å². The Balaban J connectivity index is 2.89. The average Bonchev–Trinajstić information content (AvgIpc) is 2.13. The van der Waals surface area contributed by atoms with Crippen LogP contribution < -0.4 is 4.74 Å². The van der Waals surface area contributed by atoms with E-state index in [1.165, 1.54) is 0 Å². The highest BCUT2D eigenvalue weighted by Gasteiger charge is 2.21. The second-order valence-corrected chi connectivity index (χ2v) is 10.9. The van der Waals surface area contributed by atoms with Crippen LogP contribution in [0, 0.1) is 5.41 Å². The molecule has 0 N–H and O–H groups in total. The monoisotopic (exact) mass is 264 g/mol. The second-order valence-electron chi connectivity index (χ2n) is 6.46. The topological polar surface area (TPSA) is 18.5 Å². The number of hydrogen-bond acceptors (Lipinski definition) is 2. The van der Waals surface area contributed by atoms with Crippen molar-refractivity contribution in [2.75, 3.05) is 0 Å². The molecule has 18 heavy (non-hydrogen) atoms. The highest BCUT2D eigenvalue weighted by Crippen LogP contribution is 2.23. The first-order valence-electron chi connectivity index (χ1n) is 6.30. The maximum absolute atomic E-state index is 6.00. The minimum absolute atomic E-state index is 0.0315. The third-order valence-electron chi connectivity index (χ3n) is 1.92. The Morgan fingerprint density at radius 2 is 1.61 bits per heavy atom. The molecule has 0 aliphatic heterocycles. The van der Waals surface area contributed by atoms with E-state index in [1.54, 1.807) is 0 Å². The van der Waals surface area contributed by atoms with E-state index in [9.17, 15) is 0 Å². The van der Waals surface area contributed by atoms with Crippen LogP contribution in [0.15, 0.2) is 42.4 Å². The zero-order valence-corrected chi connectivity index (χ0v) is 13.3. The Kier molecular flexibility index (Phi) is 4.63. The van der Waals surface area contributed by atoms with Gasteiger partial charge in [0, 0.05) is 6.08 Å². The quantitative estimate of drug-likeness (QED) is 0.574. The molecule has 0 radical (unpaired) electrons. The molecule has 1 aromatic carbocycles. The van der Waals surface area contributed by atoms with Gasteiger partial charge in [-0.2, -0.15) is 0 Å². The fourth-order valence-corrected chi connectivity index (χ4v) is 2.04. The van der Waals surface area contributed by atoms with Gasteiger partial charge in [0.05, 0.1) is 0 Å². The first kappa shape index (κ1) is 14.8. The van der Waals surface area contributed by atoms with Crippen LogP contribution in [0.5, 0.6) is 5.75 Å². The van der Waals surface area contributed by atoms with Crippen LogP contribution in [0.2, 0.25) is 19.6 Å². The lowest BCUT2D eigenvalue weighted by Gasteiger charge is -2.24. The number of rotatable bonds is 4. The normalized spacial score (nSPS) is 13.3. The number of allylic oxidation sites excluding steroid dienone is 1. The van der Waals surface area contributed by atoms with Crippen LogP contribution in [-0.2, 0) is 4.43 Å². The SMILES string of the molecule is CC(C)(C)/C=C(/Oc1ccccc1)O[Si](C)(C)C. The molecular weight excluding hydrogens is 240 g/mol. The number of para-hydroxylation sites is 1. The summed E-state index contributed by atoms with van der Waals surface area (Å²) in [5.41, 5.74) is 0.0315. The number of ether oxygens (including phenoxy) is 1. The summed E-state index contributed by atoms with van der Waals surface area (Å²) in [6.07, 6.45) is 2.04. The molecule has 1 aromatic rings. The van der Waals surface area contributed by atoms with E-state index in [-0.39, 0.29) is 5.41 Å². The minimum Gasteiger partial charge on any atom is -0.520 e. The van der Waals surface area contributed by atoms with Crippen LogP contribution in [0.4, 0.5) is 0 Å². The van der Waals surface area contributed by atoms with Crippen molar-refractivity contribution in [3.63, 3.8) is 0 Å². The van der Waals surface area contributed by atoms with Crippen molar-refractivity contribution in [2.24, 2.45) is 5.41 Å². The van der Waals surface area contributed by atoms with Gasteiger partial charge in [-0.25, -0.2) is 0 Å². The molecule has 0 unspecified atom stereocenters. The van der Waals surface area contributed by atoms with Crippen molar-refractivity contribution >= 4 is 8.32 Å². The van der Waals surface area contributed by atoms with Gasteiger partial charge in [-0.15, -0.1) is 0 Å². The maximum atomic E-state index is 6.00. The second kappa shape index (κ2) is 5.61. The van der Waals surface area contributed by atoms with Gasteiger partial charge >= 0.3 is 0 Å². The minimum atomic E-state index is -1.67. The van der Waals surface area contributed by atoms with Gasteiger partial charge in [0.2, 0.25) is 8.32 Å². The molecule has 0 aliphatic rings. The standard InChI is InChI=1S/C15H24O2Si/c1-15(2,3)12-14(17-18(4,5)6)16-13-10-8-7-9-11-13/h7-12H,1-6H3/b14-12-. The van der Waals surface area contributed by atoms with Gasteiger partial charge in [-0.05, 0) is 37.2 Å². The smallest absolute Gasteiger partial charge is 0.267 e. The van der Waals surface area contributed by atoms with E-state index >= 15 is 0 Å². The van der Waals surface area contributed by atoms with Gasteiger partial charge in [-0.3, -0.25) is 0 Å². The Hall–Kier alpha value is -1.22. The van der Waals surface area contributed by atoms with Crippen molar-refractivity contribution in [3.05, 3.63) is 42.4 Å². The summed E-state index contributed by atoms with van der Waals surface area (Å²) in [6, 6.07) is 9.75. The summed E-state index contributed by atoms with van der Waals surface area (Å²) < 4.78 is 11.8. The van der Waals surface area contributed by atoms with Crippen molar-refractivity contribution in [1.29, 1.82) is 0 Å². The van der Waals surface area contributed by atoms with Crippen LogP contribution in [0.1, 0.15) is 20.8 Å². The molecule has 0 aliphatic carbocycles. The summed E-state index contributed by atoms with van der Waals surface area (Å²) in [4.78, 5) is 0. The molecule has 3 heteroatoms. The molecule has 0 saturated heterocycles. The lowest BCUT2D eigenvalue weighted by molar-refractivity contribution is 0.212. The molecule has 0 fully saturated rings. The maximum Gasteiger partial charge on any atom is 0.267 e. The first-order valence-corrected chi connectivity index (χ1v) is 9.71. The predicted octanol–water partition coefficient (Wildman–Crippen LogP) is 4.80. The number of benzene rings is 1. The Bertz CT molecular complexity index is 397. The lowest BCUT2D eigenvalue weighted by Crippen LogP contribution is -2.27. The van der Waals surface area contributed by atoms with Crippen LogP contribution >= 0.6 is 0 Å². The van der Waals surface area contributed by atoms with E-state index in [4.69, 9.17) is 9.16 Å². The summed E-state index contributed by atoms with van der Waals surface area (Å²) in [7, 11) is -1.67. The molecule has 0 atom stereocenters. The fourth-order valence-electron chi connectivity index (χ4n) is 1.34. The fraction of sp³-hybridized carbons (Fsp3) is 0.467. The van der Waals surface area contributed by atoms with Crippen molar-refractivity contribution in [3.8, 4) is 5.75 Å². The van der Waals surface area contributed by atoms with Crippen molar-refractivity contribution in [2.45, 2.75) is 40.4 Å². The molecule has 0 aromatic heterocycles. The molecule has 0 amide bonds. The van der Waals surface area contributed by atoms with Gasteiger partial charge < -0.3 is 9.16 Å². The predicted molar refractivity (Wildman–Crippen MR) is 79.0 cm³/mol. The molecule has 100 valence electrons. The summed E-state index contributed by atoms with van der Waals surface area (Å²) in [5.74, 6) is 1.43. The van der Waals surface area contributed by atoms with Crippen LogP contribution in [-0.4, -0.2) is 8.32 Å². The largest absolute Gasteiger partial charge is 0.520 e. The van der Waals surface area contributed by atoms with Gasteiger partial charge in [0.1, 0.15) is 5.75 Å². The molecule has 0 spiro atoms. The summed E-state index contributed by atoms with van der Waals surface area (Å²) in [5, 5.41) is 0. The van der Waals surface area contributed by atoms with Crippen molar-refractivity contribution < 1.29 is 9.16 Å². The summed E-state index contributed by atoms with van der Waals surface area (Å²) in [6.45, 7) is 12.9. The number of hydrogen-bond donors (Lipinski definition) is 0. The van der Waals surface area contributed by atoms with Crippen molar-refractivity contribution in [1.82, 2.24) is 0 Å². The van der Waals surface area contributed by atoms with Gasteiger partial charge in [0.25, 0.3) is 5.95 Å². The molecule has 0 saturated carbocycles. The summed E-state index contributed by atoms with van der Waals surface area (Å²) >= 11 is 0. The Labute approximate surface area is 112 Å². The van der Waals surface area contributed by atoms with E-state index in [0.717, 1.165) is 5.75 Å². The zero-order valence-electron chi connectivity index (χ0n) is 12.3. The first-order chi connectivity index (χ1) is 8.16. The third kappa shape index (κ3) is 6.50. The van der Waals surface area contributed by atoms with Crippen LogP contribution in [0.3, 0.4) is 0 Å². The van der Waals surface area contributed by atoms with E-state index in [1.807, 2.05) is 36.4 Å². The molecule has 0 heterocycles. The van der Waals surface area contributed by atoms with Crippen LogP contribution in [0.25, 0.3) is 0 Å². The zero-order chi connectivity index (χ0) is 13.8. The van der Waals surface area contributed by atoms with E-state index in [0.29, 0.717) is 5.95 Å². The average molecular weight is 264 g/mol. The Morgan fingerprint density at radius 3 is 2.06 bits per heavy atom. The Morgan fingerprint density at radius 1 is 1.06 bits per heavy atom. The highest BCUT2D eigenvalue weighted by atomic mass is 28.4.